The highest BCUT2D eigenvalue weighted by Crippen LogP contribution is 2.30. The number of halogens is 1. The third-order valence-electron chi connectivity index (χ3n) is 3.01. The Hall–Kier alpha value is -1.40. The zero-order valence-electron chi connectivity index (χ0n) is 11.3. The van der Waals surface area contributed by atoms with E-state index in [2.05, 4.69) is 19.9 Å². The van der Waals surface area contributed by atoms with Crippen molar-refractivity contribution in [1.29, 1.82) is 5.26 Å². The summed E-state index contributed by atoms with van der Waals surface area (Å²) in [5, 5.41) is 9.75. The lowest BCUT2D eigenvalue weighted by Crippen LogP contribution is -2.27. The van der Waals surface area contributed by atoms with E-state index in [9.17, 15) is 0 Å². The largest absolute Gasteiger partial charge is 0.497 e. The van der Waals surface area contributed by atoms with Gasteiger partial charge in [-0.2, -0.15) is 5.26 Å². The van der Waals surface area contributed by atoms with Crippen LogP contribution in [0.1, 0.15) is 13.8 Å². The number of methoxy groups -OCH3 is 1. The lowest BCUT2D eigenvalue weighted by molar-refractivity contribution is 0.415. The van der Waals surface area contributed by atoms with Crippen LogP contribution in [0.2, 0.25) is 5.02 Å². The molecule has 1 rings (SSSR count). The van der Waals surface area contributed by atoms with Gasteiger partial charge >= 0.3 is 0 Å². The van der Waals surface area contributed by atoms with Crippen molar-refractivity contribution in [2.24, 2.45) is 11.8 Å². The quantitative estimate of drug-likeness (QED) is 0.817. The zero-order chi connectivity index (χ0) is 13.7. The van der Waals surface area contributed by atoms with Crippen LogP contribution in [0.3, 0.4) is 0 Å². The minimum absolute atomic E-state index is 0.00633. The average molecular weight is 267 g/mol. The van der Waals surface area contributed by atoms with E-state index in [1.54, 1.807) is 13.2 Å². The van der Waals surface area contributed by atoms with Gasteiger partial charge in [-0.3, -0.25) is 0 Å². The first-order valence-corrected chi connectivity index (χ1v) is 6.31. The number of nitriles is 1. The summed E-state index contributed by atoms with van der Waals surface area (Å²) in [6.45, 7) is 4.77. The molecule has 98 valence electrons. The Morgan fingerprint density at radius 3 is 2.56 bits per heavy atom. The minimum atomic E-state index is -0.00633. The monoisotopic (exact) mass is 266 g/mol. The number of anilines is 1. The molecule has 0 fully saturated rings. The Balaban J connectivity index is 2.84. The van der Waals surface area contributed by atoms with E-state index >= 15 is 0 Å². The Bertz CT molecular complexity index is 440. The molecule has 0 saturated carbocycles. The summed E-state index contributed by atoms with van der Waals surface area (Å²) in [4.78, 5) is 2.01. The minimum Gasteiger partial charge on any atom is -0.497 e. The van der Waals surface area contributed by atoms with E-state index in [4.69, 9.17) is 21.6 Å². The first kappa shape index (κ1) is 14.7. The maximum atomic E-state index is 9.11. The molecule has 0 N–H and O–H groups in total. The molecule has 1 aromatic carbocycles. The maximum absolute atomic E-state index is 9.11. The molecular weight excluding hydrogens is 248 g/mol. The Morgan fingerprint density at radius 2 is 2.11 bits per heavy atom. The molecule has 0 saturated heterocycles. The molecule has 0 aliphatic rings. The Morgan fingerprint density at radius 1 is 1.44 bits per heavy atom. The van der Waals surface area contributed by atoms with Gasteiger partial charge in [0.25, 0.3) is 0 Å². The topological polar surface area (TPSA) is 36.3 Å². The second-order valence-corrected chi connectivity index (χ2v) is 5.08. The highest BCUT2D eigenvalue weighted by atomic mass is 35.5. The van der Waals surface area contributed by atoms with Crippen LogP contribution in [0.5, 0.6) is 5.75 Å². The van der Waals surface area contributed by atoms with Gasteiger partial charge in [-0.25, -0.2) is 0 Å². The third-order valence-corrected chi connectivity index (χ3v) is 3.31. The molecule has 0 amide bonds. The molecule has 18 heavy (non-hydrogen) atoms. The van der Waals surface area contributed by atoms with Crippen molar-refractivity contribution in [2.75, 3.05) is 25.6 Å². The highest BCUT2D eigenvalue weighted by molar-refractivity contribution is 6.33. The predicted octanol–water partition coefficient (Wildman–Crippen LogP) is 3.58. The number of hydrogen-bond donors (Lipinski definition) is 0. The van der Waals surface area contributed by atoms with Gasteiger partial charge < -0.3 is 9.64 Å². The highest BCUT2D eigenvalue weighted by Gasteiger charge is 2.16. The summed E-state index contributed by atoms with van der Waals surface area (Å²) in [6.07, 6.45) is 0. The predicted molar refractivity (Wildman–Crippen MR) is 75.2 cm³/mol. The zero-order valence-corrected chi connectivity index (χ0v) is 12.0. The average Bonchev–Trinajstić information content (AvgIpc) is 2.34. The van der Waals surface area contributed by atoms with Gasteiger partial charge in [-0.05, 0) is 18.1 Å². The summed E-state index contributed by atoms with van der Waals surface area (Å²) in [5.74, 6) is 1.06. The molecule has 1 unspecified atom stereocenters. The molecule has 4 heteroatoms. The maximum Gasteiger partial charge on any atom is 0.120 e. The van der Waals surface area contributed by atoms with E-state index in [0.717, 1.165) is 11.4 Å². The molecule has 0 aliphatic carbocycles. The molecule has 0 aromatic heterocycles. The van der Waals surface area contributed by atoms with Gasteiger partial charge in [0.1, 0.15) is 5.75 Å². The number of rotatable bonds is 5. The van der Waals surface area contributed by atoms with Crippen molar-refractivity contribution in [1.82, 2.24) is 0 Å². The van der Waals surface area contributed by atoms with Gasteiger partial charge in [0, 0.05) is 19.7 Å². The number of hydrogen-bond acceptors (Lipinski definition) is 3. The number of nitrogens with zero attached hydrogens (tertiary/aromatic N) is 2. The van der Waals surface area contributed by atoms with Crippen LogP contribution < -0.4 is 9.64 Å². The second-order valence-electron chi connectivity index (χ2n) is 4.68. The molecule has 0 spiro atoms. The van der Waals surface area contributed by atoms with Gasteiger partial charge in [-0.15, -0.1) is 0 Å². The van der Waals surface area contributed by atoms with Crippen molar-refractivity contribution in [2.45, 2.75) is 13.8 Å². The number of benzene rings is 1. The molecular formula is C14H19ClN2O. The summed E-state index contributed by atoms with van der Waals surface area (Å²) in [7, 11) is 3.56. The van der Waals surface area contributed by atoms with Crippen LogP contribution in [-0.4, -0.2) is 20.7 Å². The lowest BCUT2D eigenvalue weighted by atomic mass is 9.97. The van der Waals surface area contributed by atoms with Crippen molar-refractivity contribution in [3.8, 4) is 11.8 Å². The second kappa shape index (κ2) is 6.51. The van der Waals surface area contributed by atoms with Crippen molar-refractivity contribution >= 4 is 17.3 Å². The van der Waals surface area contributed by atoms with E-state index in [0.29, 0.717) is 17.5 Å². The summed E-state index contributed by atoms with van der Waals surface area (Å²) in [5.41, 5.74) is 0.915. The van der Waals surface area contributed by atoms with Crippen LogP contribution >= 0.6 is 11.6 Å². The van der Waals surface area contributed by atoms with Gasteiger partial charge in [0.05, 0.1) is 29.8 Å². The van der Waals surface area contributed by atoms with Crippen molar-refractivity contribution < 1.29 is 4.74 Å². The standard InChI is InChI=1S/C14H19ClN2O/c1-10(2)11(8-16)9-17(3)14-6-5-12(18-4)7-13(14)15/h5-7,10-11H,9H2,1-4H3. The summed E-state index contributed by atoms with van der Waals surface area (Å²) >= 11 is 6.20. The summed E-state index contributed by atoms with van der Waals surface area (Å²) < 4.78 is 5.11. The van der Waals surface area contributed by atoms with E-state index in [1.807, 2.05) is 24.1 Å². The first-order chi connectivity index (χ1) is 8.49. The lowest BCUT2D eigenvalue weighted by Gasteiger charge is -2.25. The SMILES string of the molecule is COc1ccc(N(C)CC(C#N)C(C)C)c(Cl)c1. The molecule has 0 heterocycles. The number of ether oxygens (including phenoxy) is 1. The van der Waals surface area contributed by atoms with Crippen LogP contribution in [0, 0.1) is 23.2 Å². The normalized spacial score (nSPS) is 12.1. The first-order valence-electron chi connectivity index (χ1n) is 5.94. The molecule has 0 aliphatic heterocycles. The van der Waals surface area contributed by atoms with E-state index in [1.165, 1.54) is 0 Å². The summed E-state index contributed by atoms with van der Waals surface area (Å²) in [6, 6.07) is 7.90. The van der Waals surface area contributed by atoms with Crippen molar-refractivity contribution in [3.63, 3.8) is 0 Å². The van der Waals surface area contributed by atoms with E-state index < -0.39 is 0 Å². The molecule has 3 nitrogen and oxygen atoms in total. The smallest absolute Gasteiger partial charge is 0.120 e. The fourth-order valence-corrected chi connectivity index (χ4v) is 2.03. The van der Waals surface area contributed by atoms with Gasteiger partial charge in [0.15, 0.2) is 0 Å². The van der Waals surface area contributed by atoms with Crippen molar-refractivity contribution in [3.05, 3.63) is 23.2 Å². The van der Waals surface area contributed by atoms with Crippen LogP contribution in [0.4, 0.5) is 5.69 Å². The van der Waals surface area contributed by atoms with Gasteiger partial charge in [-0.1, -0.05) is 25.4 Å². The molecule has 0 radical (unpaired) electrons. The third kappa shape index (κ3) is 3.54. The van der Waals surface area contributed by atoms with Gasteiger partial charge in [0.2, 0.25) is 0 Å². The Kier molecular flexibility index (Phi) is 5.30. The molecule has 1 aromatic rings. The molecule has 0 bridgehead atoms. The fourth-order valence-electron chi connectivity index (χ4n) is 1.72. The Labute approximate surface area is 114 Å². The van der Waals surface area contributed by atoms with Crippen LogP contribution in [-0.2, 0) is 0 Å². The van der Waals surface area contributed by atoms with Crippen LogP contribution in [0.15, 0.2) is 18.2 Å². The molecule has 1 atom stereocenters. The fraction of sp³-hybridized carbons (Fsp3) is 0.500. The van der Waals surface area contributed by atoms with Crippen LogP contribution in [0.25, 0.3) is 0 Å². The van der Waals surface area contributed by atoms with E-state index in [-0.39, 0.29) is 5.92 Å².